The third-order valence-electron chi connectivity index (χ3n) is 1.66. The smallest absolute Gasteiger partial charge is 0.116 e. The predicted octanol–water partition coefficient (Wildman–Crippen LogP) is 2.59. The molecule has 0 bridgehead atoms. The summed E-state index contributed by atoms with van der Waals surface area (Å²) < 4.78 is 5.28. The van der Waals surface area contributed by atoms with Gasteiger partial charge in [-0.3, -0.25) is 0 Å². The van der Waals surface area contributed by atoms with Gasteiger partial charge in [-0.15, -0.1) is 0 Å². The zero-order valence-electron chi connectivity index (χ0n) is 8.33. The molecule has 0 aliphatic heterocycles. The molecule has 74 valence electrons. The van der Waals surface area contributed by atoms with Crippen molar-refractivity contribution in [3.63, 3.8) is 0 Å². The summed E-state index contributed by atoms with van der Waals surface area (Å²) in [7, 11) is 0. The molecule has 3 heteroatoms. The van der Waals surface area contributed by atoms with Crippen LogP contribution < -0.4 is 0 Å². The van der Waals surface area contributed by atoms with E-state index >= 15 is 0 Å². The van der Waals surface area contributed by atoms with E-state index in [0.717, 1.165) is 17.3 Å². The van der Waals surface area contributed by atoms with Gasteiger partial charge in [-0.05, 0) is 32.4 Å². The Kier molecular flexibility index (Phi) is 3.45. The largest absolute Gasteiger partial charge is 0.468 e. The van der Waals surface area contributed by atoms with E-state index in [1.54, 1.807) is 18.0 Å². The molecule has 0 aliphatic carbocycles. The highest BCUT2D eigenvalue weighted by Crippen LogP contribution is 2.20. The molecule has 0 spiro atoms. The van der Waals surface area contributed by atoms with Crippen LogP contribution in [-0.2, 0) is 5.75 Å². The van der Waals surface area contributed by atoms with Gasteiger partial charge < -0.3 is 9.52 Å². The standard InChI is InChI=1S/C10H16O2S/c1-8-4-5-12-9(8)6-13-7-10(2,3)11/h4-5,11H,6-7H2,1-3H3. The van der Waals surface area contributed by atoms with Gasteiger partial charge in [-0.1, -0.05) is 0 Å². The van der Waals surface area contributed by atoms with Crippen LogP contribution in [0.1, 0.15) is 25.2 Å². The van der Waals surface area contributed by atoms with Crippen LogP contribution in [0.15, 0.2) is 16.7 Å². The molecule has 1 rings (SSSR count). The zero-order chi connectivity index (χ0) is 9.90. The van der Waals surface area contributed by atoms with Crippen LogP contribution in [0.3, 0.4) is 0 Å². The lowest BCUT2D eigenvalue weighted by molar-refractivity contribution is 0.107. The lowest BCUT2D eigenvalue weighted by atomic mass is 10.2. The molecular weight excluding hydrogens is 184 g/mol. The summed E-state index contributed by atoms with van der Waals surface area (Å²) in [5.41, 5.74) is 0.591. The lowest BCUT2D eigenvalue weighted by Gasteiger charge is -2.15. The Hall–Kier alpha value is -0.410. The number of hydrogen-bond acceptors (Lipinski definition) is 3. The Morgan fingerprint density at radius 3 is 2.69 bits per heavy atom. The van der Waals surface area contributed by atoms with Gasteiger partial charge >= 0.3 is 0 Å². The second-order valence-electron chi connectivity index (χ2n) is 3.83. The minimum atomic E-state index is -0.592. The first-order valence-electron chi connectivity index (χ1n) is 4.32. The summed E-state index contributed by atoms with van der Waals surface area (Å²) in [6, 6.07) is 1.96. The van der Waals surface area contributed by atoms with Crippen LogP contribution in [0.5, 0.6) is 0 Å². The van der Waals surface area contributed by atoms with Crippen LogP contribution in [0.2, 0.25) is 0 Å². The monoisotopic (exact) mass is 200 g/mol. The van der Waals surface area contributed by atoms with Crippen molar-refractivity contribution in [2.24, 2.45) is 0 Å². The van der Waals surface area contributed by atoms with Crippen LogP contribution in [-0.4, -0.2) is 16.5 Å². The molecule has 0 radical (unpaired) electrons. The molecular formula is C10H16O2S. The normalized spacial score (nSPS) is 12.0. The minimum absolute atomic E-state index is 0.592. The molecule has 13 heavy (non-hydrogen) atoms. The van der Waals surface area contributed by atoms with Crippen molar-refractivity contribution in [2.75, 3.05) is 5.75 Å². The zero-order valence-corrected chi connectivity index (χ0v) is 9.15. The van der Waals surface area contributed by atoms with Gasteiger partial charge in [0, 0.05) is 5.75 Å². The summed E-state index contributed by atoms with van der Waals surface area (Å²) in [5, 5.41) is 9.46. The maximum atomic E-state index is 9.46. The topological polar surface area (TPSA) is 33.4 Å². The van der Waals surface area contributed by atoms with E-state index in [1.807, 2.05) is 26.8 Å². The third kappa shape index (κ3) is 3.87. The fourth-order valence-corrected chi connectivity index (χ4v) is 2.03. The molecule has 0 saturated carbocycles. The predicted molar refractivity (Wildman–Crippen MR) is 55.9 cm³/mol. The highest BCUT2D eigenvalue weighted by Gasteiger charge is 2.12. The molecule has 2 nitrogen and oxygen atoms in total. The molecule has 0 aliphatic rings. The molecule has 0 saturated heterocycles. The quantitative estimate of drug-likeness (QED) is 0.811. The Labute approximate surface area is 83.3 Å². The van der Waals surface area contributed by atoms with E-state index in [1.165, 1.54) is 5.56 Å². The molecule has 1 aromatic rings. The van der Waals surface area contributed by atoms with Gasteiger partial charge in [0.25, 0.3) is 0 Å². The minimum Gasteiger partial charge on any atom is -0.468 e. The van der Waals surface area contributed by atoms with Gasteiger partial charge in [0.05, 0.1) is 17.6 Å². The van der Waals surface area contributed by atoms with Crippen molar-refractivity contribution in [3.8, 4) is 0 Å². The maximum Gasteiger partial charge on any atom is 0.116 e. The number of aliphatic hydroxyl groups is 1. The molecule has 1 N–H and O–H groups in total. The SMILES string of the molecule is Cc1ccoc1CSCC(C)(C)O. The van der Waals surface area contributed by atoms with Crippen LogP contribution in [0.4, 0.5) is 0 Å². The van der Waals surface area contributed by atoms with E-state index in [0.29, 0.717) is 0 Å². The summed E-state index contributed by atoms with van der Waals surface area (Å²) in [5.74, 6) is 2.57. The van der Waals surface area contributed by atoms with Crippen molar-refractivity contribution in [1.82, 2.24) is 0 Å². The van der Waals surface area contributed by atoms with E-state index in [2.05, 4.69) is 0 Å². The van der Waals surface area contributed by atoms with Gasteiger partial charge in [0.15, 0.2) is 0 Å². The average molecular weight is 200 g/mol. The maximum absolute atomic E-state index is 9.46. The van der Waals surface area contributed by atoms with Gasteiger partial charge in [-0.2, -0.15) is 11.8 Å². The fourth-order valence-electron chi connectivity index (χ4n) is 0.945. The van der Waals surface area contributed by atoms with E-state index in [4.69, 9.17) is 4.42 Å². The van der Waals surface area contributed by atoms with Crippen molar-refractivity contribution in [1.29, 1.82) is 0 Å². The van der Waals surface area contributed by atoms with E-state index in [9.17, 15) is 5.11 Å². The number of furan rings is 1. The first-order chi connectivity index (χ1) is 5.99. The fraction of sp³-hybridized carbons (Fsp3) is 0.600. The van der Waals surface area contributed by atoms with Crippen LogP contribution in [0.25, 0.3) is 0 Å². The molecule has 0 amide bonds. The Morgan fingerprint density at radius 1 is 1.54 bits per heavy atom. The summed E-state index contributed by atoms with van der Waals surface area (Å²) in [6.45, 7) is 5.66. The first-order valence-corrected chi connectivity index (χ1v) is 5.47. The Bertz CT molecular complexity index is 260. The van der Waals surface area contributed by atoms with Gasteiger partial charge in [0.2, 0.25) is 0 Å². The molecule has 1 heterocycles. The number of rotatable bonds is 4. The first kappa shape index (κ1) is 10.7. The number of thioether (sulfide) groups is 1. The van der Waals surface area contributed by atoms with Crippen molar-refractivity contribution in [2.45, 2.75) is 32.1 Å². The molecule has 0 unspecified atom stereocenters. The van der Waals surface area contributed by atoms with Gasteiger partial charge in [-0.25, -0.2) is 0 Å². The third-order valence-corrected chi connectivity index (χ3v) is 3.03. The molecule has 1 aromatic heterocycles. The van der Waals surface area contributed by atoms with E-state index < -0.39 is 5.60 Å². The lowest BCUT2D eigenvalue weighted by Crippen LogP contribution is -2.21. The second-order valence-corrected chi connectivity index (χ2v) is 4.82. The van der Waals surface area contributed by atoms with Gasteiger partial charge in [0.1, 0.15) is 5.76 Å². The molecule has 0 fully saturated rings. The number of hydrogen-bond donors (Lipinski definition) is 1. The molecule has 0 atom stereocenters. The molecule has 0 aromatic carbocycles. The van der Waals surface area contributed by atoms with Crippen LogP contribution >= 0.6 is 11.8 Å². The number of aryl methyl sites for hydroxylation is 1. The average Bonchev–Trinajstić information content (AvgIpc) is 2.34. The summed E-state index contributed by atoms with van der Waals surface area (Å²) in [4.78, 5) is 0. The van der Waals surface area contributed by atoms with E-state index in [-0.39, 0.29) is 0 Å². The Balaban J connectivity index is 2.32. The Morgan fingerprint density at radius 2 is 2.23 bits per heavy atom. The second kappa shape index (κ2) is 4.20. The summed E-state index contributed by atoms with van der Waals surface area (Å²) in [6.07, 6.45) is 1.70. The highest BCUT2D eigenvalue weighted by atomic mass is 32.2. The van der Waals surface area contributed by atoms with Crippen molar-refractivity contribution < 1.29 is 9.52 Å². The van der Waals surface area contributed by atoms with Crippen molar-refractivity contribution >= 4 is 11.8 Å². The summed E-state index contributed by atoms with van der Waals surface area (Å²) >= 11 is 1.69. The van der Waals surface area contributed by atoms with Crippen LogP contribution in [0, 0.1) is 6.92 Å². The van der Waals surface area contributed by atoms with Crippen molar-refractivity contribution in [3.05, 3.63) is 23.7 Å². The highest BCUT2D eigenvalue weighted by molar-refractivity contribution is 7.98.